The van der Waals surface area contributed by atoms with Crippen molar-refractivity contribution >= 4 is 23.6 Å². The van der Waals surface area contributed by atoms with Crippen molar-refractivity contribution in [1.82, 2.24) is 9.80 Å². The van der Waals surface area contributed by atoms with Gasteiger partial charge in [-0.25, -0.2) is 0 Å². The molecule has 7 nitrogen and oxygen atoms in total. The van der Waals surface area contributed by atoms with E-state index in [1.54, 1.807) is 18.9 Å². The van der Waals surface area contributed by atoms with Crippen LogP contribution in [0, 0.1) is 5.92 Å². The number of likely N-dealkylation sites (N-methyl/N-ethyl adjacent to an activating group) is 1. The molecule has 0 spiro atoms. The molecule has 0 N–H and O–H groups in total. The Morgan fingerprint density at radius 2 is 1.87 bits per heavy atom. The molecule has 1 unspecified atom stereocenters. The molecule has 3 rings (SSSR count). The lowest BCUT2D eigenvalue weighted by atomic mass is 9.98. The van der Waals surface area contributed by atoms with Gasteiger partial charge in [-0.05, 0) is 56.2 Å². The van der Waals surface area contributed by atoms with Gasteiger partial charge in [0.1, 0.15) is 0 Å². The molecular formula is C24H32N2O5. The van der Waals surface area contributed by atoms with Crippen molar-refractivity contribution in [3.63, 3.8) is 0 Å². The van der Waals surface area contributed by atoms with Crippen molar-refractivity contribution in [2.24, 2.45) is 5.92 Å². The Labute approximate surface area is 183 Å². The highest BCUT2D eigenvalue weighted by Crippen LogP contribution is 2.23. The maximum Gasteiger partial charge on any atom is 0.310 e. The van der Waals surface area contributed by atoms with Gasteiger partial charge < -0.3 is 14.5 Å². The first-order chi connectivity index (χ1) is 14.9. The lowest BCUT2D eigenvalue weighted by Gasteiger charge is -2.32. The minimum absolute atomic E-state index is 0.0453. The van der Waals surface area contributed by atoms with E-state index in [0.717, 1.165) is 25.7 Å². The number of ether oxygens (including phenoxy) is 1. The predicted molar refractivity (Wildman–Crippen MR) is 116 cm³/mol. The summed E-state index contributed by atoms with van der Waals surface area (Å²) in [7, 11) is 1.58. The maximum atomic E-state index is 12.6. The van der Waals surface area contributed by atoms with Crippen LogP contribution in [0.4, 0.5) is 0 Å². The Morgan fingerprint density at radius 1 is 1.10 bits per heavy atom. The molecule has 168 valence electrons. The van der Waals surface area contributed by atoms with Gasteiger partial charge in [-0.3, -0.25) is 19.2 Å². The molecule has 0 saturated carbocycles. The number of likely N-dealkylation sites (tertiary alicyclic amines) is 1. The third-order valence-electron chi connectivity index (χ3n) is 6.18. The fraction of sp³-hybridized carbons (Fsp3) is 0.583. The maximum absolute atomic E-state index is 12.6. The smallest absolute Gasteiger partial charge is 0.310 e. The van der Waals surface area contributed by atoms with E-state index >= 15 is 0 Å². The molecule has 0 aromatic heterocycles. The number of Topliss-reactive ketones (excluding diaryl/α,β-unsaturated/α-hetero) is 1. The van der Waals surface area contributed by atoms with Crippen molar-refractivity contribution in [1.29, 1.82) is 0 Å². The number of ketones is 1. The zero-order valence-electron chi connectivity index (χ0n) is 18.5. The van der Waals surface area contributed by atoms with Crippen LogP contribution in [0.15, 0.2) is 18.2 Å². The average molecular weight is 429 g/mol. The fourth-order valence-corrected chi connectivity index (χ4v) is 4.35. The first kappa shape index (κ1) is 23.0. The van der Waals surface area contributed by atoms with Crippen LogP contribution < -0.4 is 0 Å². The van der Waals surface area contributed by atoms with Gasteiger partial charge in [0, 0.05) is 38.5 Å². The van der Waals surface area contributed by atoms with Gasteiger partial charge in [-0.15, -0.1) is 0 Å². The van der Waals surface area contributed by atoms with Crippen molar-refractivity contribution in [2.75, 3.05) is 33.3 Å². The summed E-state index contributed by atoms with van der Waals surface area (Å²) in [4.78, 5) is 52.6. The molecule has 1 fully saturated rings. The van der Waals surface area contributed by atoms with Gasteiger partial charge in [-0.2, -0.15) is 0 Å². The number of fused-ring (bicyclic) bond motifs is 1. The lowest BCUT2D eigenvalue weighted by Crippen LogP contribution is -2.47. The number of esters is 1. The normalized spacial score (nSPS) is 17.7. The van der Waals surface area contributed by atoms with Crippen LogP contribution in [-0.4, -0.2) is 66.7 Å². The predicted octanol–water partition coefficient (Wildman–Crippen LogP) is 2.40. The number of hydrogen-bond acceptors (Lipinski definition) is 5. The average Bonchev–Trinajstić information content (AvgIpc) is 3.25. The molecule has 7 heteroatoms. The highest BCUT2D eigenvalue weighted by Gasteiger charge is 2.30. The molecule has 1 aliphatic carbocycles. The Kier molecular flexibility index (Phi) is 7.82. The number of rotatable bonds is 8. The molecule has 0 bridgehead atoms. The molecule has 1 aromatic rings. The largest absolute Gasteiger partial charge is 0.466 e. The zero-order chi connectivity index (χ0) is 22.4. The number of carbonyl (C=O) groups excluding carboxylic acids is 4. The SMILES string of the molecule is CCOC(=O)C1CCCN(C(=O)CN(C)C(=O)CCC(=O)c2ccc3c(c2)CCC3)C1. The number of benzene rings is 1. The topological polar surface area (TPSA) is 84.0 Å². The Bertz CT molecular complexity index is 850. The van der Waals surface area contributed by atoms with Crippen molar-refractivity contribution in [3.8, 4) is 0 Å². The summed E-state index contributed by atoms with van der Waals surface area (Å²) < 4.78 is 5.07. The number of aryl methyl sites for hydroxylation is 2. The summed E-state index contributed by atoms with van der Waals surface area (Å²) in [6.45, 7) is 2.94. The van der Waals surface area contributed by atoms with E-state index in [9.17, 15) is 19.2 Å². The van der Waals surface area contributed by atoms with Crippen molar-refractivity contribution in [2.45, 2.75) is 51.9 Å². The minimum Gasteiger partial charge on any atom is -0.466 e. The summed E-state index contributed by atoms with van der Waals surface area (Å²) in [5.74, 6) is -1.04. The molecule has 1 saturated heterocycles. The van der Waals surface area contributed by atoms with Crippen LogP contribution >= 0.6 is 0 Å². The van der Waals surface area contributed by atoms with E-state index in [1.165, 1.54) is 16.0 Å². The van der Waals surface area contributed by atoms with Crippen LogP contribution in [0.1, 0.15) is 60.5 Å². The summed E-state index contributed by atoms with van der Waals surface area (Å²) in [5, 5.41) is 0. The molecule has 31 heavy (non-hydrogen) atoms. The van der Waals surface area contributed by atoms with E-state index in [-0.39, 0.29) is 48.9 Å². The second kappa shape index (κ2) is 10.6. The van der Waals surface area contributed by atoms with Crippen LogP contribution in [0.5, 0.6) is 0 Å². The highest BCUT2D eigenvalue weighted by molar-refractivity contribution is 5.98. The second-order valence-corrected chi connectivity index (χ2v) is 8.44. The molecule has 1 atom stereocenters. The monoisotopic (exact) mass is 428 g/mol. The van der Waals surface area contributed by atoms with E-state index < -0.39 is 0 Å². The minimum atomic E-state index is -0.302. The molecular weight excluding hydrogens is 396 g/mol. The molecule has 1 aliphatic heterocycles. The van der Waals surface area contributed by atoms with E-state index in [1.807, 2.05) is 18.2 Å². The van der Waals surface area contributed by atoms with Gasteiger partial charge in [0.15, 0.2) is 5.78 Å². The van der Waals surface area contributed by atoms with Crippen molar-refractivity contribution < 1.29 is 23.9 Å². The Balaban J connectivity index is 1.46. The van der Waals surface area contributed by atoms with E-state index in [4.69, 9.17) is 4.74 Å². The first-order valence-electron chi connectivity index (χ1n) is 11.2. The van der Waals surface area contributed by atoms with Gasteiger partial charge in [-0.1, -0.05) is 12.1 Å². The summed E-state index contributed by atoms with van der Waals surface area (Å²) in [6.07, 6.45) is 4.86. The van der Waals surface area contributed by atoms with E-state index in [2.05, 4.69) is 0 Å². The van der Waals surface area contributed by atoms with Crippen LogP contribution in [0.25, 0.3) is 0 Å². The molecule has 2 aliphatic rings. The van der Waals surface area contributed by atoms with Gasteiger partial charge in [0.2, 0.25) is 11.8 Å². The highest BCUT2D eigenvalue weighted by atomic mass is 16.5. The Hall–Kier alpha value is -2.70. The van der Waals surface area contributed by atoms with Crippen LogP contribution in [0.3, 0.4) is 0 Å². The van der Waals surface area contributed by atoms with Gasteiger partial charge in [0.05, 0.1) is 19.1 Å². The molecule has 0 radical (unpaired) electrons. The molecule has 2 amide bonds. The first-order valence-corrected chi connectivity index (χ1v) is 11.2. The lowest BCUT2D eigenvalue weighted by molar-refractivity contribution is -0.152. The zero-order valence-corrected chi connectivity index (χ0v) is 18.5. The summed E-state index contributed by atoms with van der Waals surface area (Å²) in [6, 6.07) is 5.82. The summed E-state index contributed by atoms with van der Waals surface area (Å²) >= 11 is 0. The van der Waals surface area contributed by atoms with Crippen LogP contribution in [0.2, 0.25) is 0 Å². The van der Waals surface area contributed by atoms with E-state index in [0.29, 0.717) is 31.7 Å². The fourth-order valence-electron chi connectivity index (χ4n) is 4.35. The number of amides is 2. The number of piperidine rings is 1. The van der Waals surface area contributed by atoms with Gasteiger partial charge >= 0.3 is 5.97 Å². The second-order valence-electron chi connectivity index (χ2n) is 8.44. The van der Waals surface area contributed by atoms with Gasteiger partial charge in [0.25, 0.3) is 0 Å². The Morgan fingerprint density at radius 3 is 2.65 bits per heavy atom. The standard InChI is InChI=1S/C24H32N2O5/c1-3-31-24(30)20-8-5-13-26(15-20)23(29)16-25(2)22(28)12-11-21(27)19-10-9-17-6-4-7-18(17)14-19/h9-10,14,20H,3-8,11-13,15-16H2,1-2H3. The number of hydrogen-bond donors (Lipinski definition) is 0. The molecule has 1 heterocycles. The number of nitrogens with zero attached hydrogens (tertiary/aromatic N) is 2. The quantitative estimate of drug-likeness (QED) is 0.469. The third kappa shape index (κ3) is 5.93. The third-order valence-corrected chi connectivity index (χ3v) is 6.18. The van der Waals surface area contributed by atoms with Crippen LogP contribution in [-0.2, 0) is 32.0 Å². The van der Waals surface area contributed by atoms with Crippen molar-refractivity contribution in [3.05, 3.63) is 34.9 Å². The summed E-state index contributed by atoms with van der Waals surface area (Å²) in [5.41, 5.74) is 3.21. The number of carbonyl (C=O) groups is 4. The molecule has 1 aromatic carbocycles.